The minimum absolute atomic E-state index is 0.0120. The van der Waals surface area contributed by atoms with Gasteiger partial charge in [-0.3, -0.25) is 9.59 Å². The Bertz CT molecular complexity index is 903. The van der Waals surface area contributed by atoms with Crippen LogP contribution in [0.25, 0.3) is 0 Å². The number of hydrogen-bond acceptors (Lipinski definition) is 4. The molecule has 2 N–H and O–H groups in total. The summed E-state index contributed by atoms with van der Waals surface area (Å²) in [7, 11) is 0. The fraction of sp³-hybridized carbons (Fsp3) is 0.300. The number of carbonyl (C=O) groups excluding carboxylic acids is 2. The molecule has 27 heavy (non-hydrogen) atoms. The van der Waals surface area contributed by atoms with Gasteiger partial charge in [-0.05, 0) is 60.4 Å². The highest BCUT2D eigenvalue weighted by atomic mass is 32.2. The highest BCUT2D eigenvalue weighted by molar-refractivity contribution is 7.99. The Kier molecular flexibility index (Phi) is 5.03. The van der Waals surface area contributed by atoms with Crippen molar-refractivity contribution in [3.05, 3.63) is 53.3 Å². The molecule has 5 nitrogen and oxygen atoms in total. The second-order valence-corrected chi connectivity index (χ2v) is 7.73. The van der Waals surface area contributed by atoms with Crippen LogP contribution < -0.4 is 15.4 Å². The lowest BCUT2D eigenvalue weighted by molar-refractivity contribution is -0.124. The van der Waals surface area contributed by atoms with Crippen LogP contribution in [0, 0.1) is 5.82 Å². The molecular formula is C20H19FN2O3S. The van der Waals surface area contributed by atoms with Crippen LogP contribution in [0.15, 0.2) is 41.3 Å². The molecule has 2 aromatic carbocycles. The number of amides is 2. The van der Waals surface area contributed by atoms with Crippen LogP contribution in [0.1, 0.15) is 30.0 Å². The van der Waals surface area contributed by atoms with Gasteiger partial charge in [0, 0.05) is 22.8 Å². The number of ether oxygens (including phenoxy) is 1. The van der Waals surface area contributed by atoms with Crippen LogP contribution in [-0.2, 0) is 16.0 Å². The molecule has 0 bridgehead atoms. The Labute approximate surface area is 160 Å². The highest BCUT2D eigenvalue weighted by Gasteiger charge is 2.23. The summed E-state index contributed by atoms with van der Waals surface area (Å²) in [5.41, 5.74) is 2.62. The van der Waals surface area contributed by atoms with E-state index in [0.29, 0.717) is 18.6 Å². The summed E-state index contributed by atoms with van der Waals surface area (Å²) in [5, 5.41) is 5.75. The number of fused-ring (bicyclic) bond motifs is 2. The standard InChI is InChI=1S/C20H19FN2O3S/c21-13-2-5-18-15(10-13)17(7-8-27-18)23-20(25)11-26-14-3-4-16-12(9-14)1-6-19(24)22-16/h2-5,9-10,17H,1,6-8,11H2,(H,22,24)(H,23,25)/t17-/m0/s1. The Hall–Kier alpha value is -2.54. The molecule has 0 aliphatic carbocycles. The summed E-state index contributed by atoms with van der Waals surface area (Å²) in [6.45, 7) is -0.112. The molecule has 0 radical (unpaired) electrons. The van der Waals surface area contributed by atoms with Crippen molar-refractivity contribution in [2.24, 2.45) is 0 Å². The summed E-state index contributed by atoms with van der Waals surface area (Å²) >= 11 is 1.67. The second kappa shape index (κ2) is 7.60. The Morgan fingerprint density at radius 2 is 2.15 bits per heavy atom. The van der Waals surface area contributed by atoms with E-state index in [0.717, 1.165) is 33.9 Å². The predicted octanol–water partition coefficient (Wildman–Crippen LogP) is 3.44. The zero-order valence-electron chi connectivity index (χ0n) is 14.6. The van der Waals surface area contributed by atoms with E-state index in [1.807, 2.05) is 6.07 Å². The zero-order chi connectivity index (χ0) is 18.8. The van der Waals surface area contributed by atoms with Crippen molar-refractivity contribution in [1.82, 2.24) is 5.32 Å². The third-order valence-corrected chi connectivity index (χ3v) is 5.81. The molecule has 2 aromatic rings. The van der Waals surface area contributed by atoms with Gasteiger partial charge in [0.25, 0.3) is 5.91 Å². The lowest BCUT2D eigenvalue weighted by Crippen LogP contribution is -2.34. The van der Waals surface area contributed by atoms with Crippen molar-refractivity contribution in [2.75, 3.05) is 17.7 Å². The van der Waals surface area contributed by atoms with Gasteiger partial charge in [0.05, 0.1) is 6.04 Å². The fourth-order valence-corrected chi connectivity index (χ4v) is 4.46. The van der Waals surface area contributed by atoms with Crippen molar-refractivity contribution >= 4 is 29.3 Å². The molecule has 140 valence electrons. The number of hydrogen-bond donors (Lipinski definition) is 2. The van der Waals surface area contributed by atoms with Gasteiger partial charge in [0.1, 0.15) is 11.6 Å². The van der Waals surface area contributed by atoms with Gasteiger partial charge in [-0.15, -0.1) is 11.8 Å². The van der Waals surface area contributed by atoms with E-state index < -0.39 is 0 Å². The molecule has 1 atom stereocenters. The molecule has 7 heteroatoms. The molecule has 2 aliphatic heterocycles. The Morgan fingerprint density at radius 1 is 1.26 bits per heavy atom. The van der Waals surface area contributed by atoms with E-state index in [1.165, 1.54) is 12.1 Å². The molecule has 0 aromatic heterocycles. The van der Waals surface area contributed by atoms with Gasteiger partial charge >= 0.3 is 0 Å². The molecule has 2 amide bonds. The monoisotopic (exact) mass is 386 g/mol. The molecule has 0 fully saturated rings. The molecule has 0 spiro atoms. The number of aryl methyl sites for hydroxylation is 1. The lowest BCUT2D eigenvalue weighted by Gasteiger charge is -2.26. The maximum atomic E-state index is 13.6. The molecule has 0 saturated heterocycles. The first kappa shape index (κ1) is 17.9. The zero-order valence-corrected chi connectivity index (χ0v) is 15.4. The highest BCUT2D eigenvalue weighted by Crippen LogP contribution is 2.36. The SMILES string of the molecule is O=C1CCc2cc(OCC(=O)N[C@H]3CCSc4ccc(F)cc43)ccc2N1. The maximum Gasteiger partial charge on any atom is 0.258 e. The van der Waals surface area contributed by atoms with Crippen molar-refractivity contribution in [3.8, 4) is 5.75 Å². The quantitative estimate of drug-likeness (QED) is 0.845. The van der Waals surface area contributed by atoms with Crippen LogP contribution >= 0.6 is 11.8 Å². The molecular weight excluding hydrogens is 367 g/mol. The molecule has 4 rings (SSSR count). The van der Waals surface area contributed by atoms with E-state index in [4.69, 9.17) is 4.74 Å². The Balaban J connectivity index is 1.37. The number of benzene rings is 2. The smallest absolute Gasteiger partial charge is 0.258 e. The van der Waals surface area contributed by atoms with E-state index in [-0.39, 0.29) is 30.3 Å². The fourth-order valence-electron chi connectivity index (χ4n) is 3.35. The van der Waals surface area contributed by atoms with Gasteiger partial charge in [0.2, 0.25) is 5.91 Å². The van der Waals surface area contributed by atoms with Crippen LogP contribution in [0.2, 0.25) is 0 Å². The number of halogens is 1. The minimum Gasteiger partial charge on any atom is -0.484 e. The summed E-state index contributed by atoms with van der Waals surface area (Å²) < 4.78 is 19.2. The predicted molar refractivity (Wildman–Crippen MR) is 102 cm³/mol. The van der Waals surface area contributed by atoms with E-state index >= 15 is 0 Å². The summed E-state index contributed by atoms with van der Waals surface area (Å²) in [4.78, 5) is 24.7. The largest absolute Gasteiger partial charge is 0.484 e. The lowest BCUT2D eigenvalue weighted by atomic mass is 10.0. The topological polar surface area (TPSA) is 67.4 Å². The number of carbonyl (C=O) groups is 2. The number of nitrogens with one attached hydrogen (secondary N) is 2. The van der Waals surface area contributed by atoms with Crippen molar-refractivity contribution in [1.29, 1.82) is 0 Å². The average molecular weight is 386 g/mol. The second-order valence-electron chi connectivity index (χ2n) is 6.60. The van der Waals surface area contributed by atoms with Crippen LogP contribution in [0.5, 0.6) is 5.75 Å². The first-order chi connectivity index (χ1) is 13.1. The van der Waals surface area contributed by atoms with Gasteiger partial charge in [-0.2, -0.15) is 0 Å². The van der Waals surface area contributed by atoms with Crippen LogP contribution in [0.3, 0.4) is 0 Å². The van der Waals surface area contributed by atoms with Gasteiger partial charge in [-0.1, -0.05) is 0 Å². The van der Waals surface area contributed by atoms with Crippen LogP contribution in [-0.4, -0.2) is 24.2 Å². The van der Waals surface area contributed by atoms with Crippen molar-refractivity contribution in [3.63, 3.8) is 0 Å². The third kappa shape index (κ3) is 4.08. The average Bonchev–Trinajstić information content (AvgIpc) is 2.67. The summed E-state index contributed by atoms with van der Waals surface area (Å²) in [6.07, 6.45) is 1.87. The number of rotatable bonds is 4. The first-order valence-corrected chi connectivity index (χ1v) is 9.84. The first-order valence-electron chi connectivity index (χ1n) is 8.86. The maximum absolute atomic E-state index is 13.6. The van der Waals surface area contributed by atoms with Gasteiger partial charge in [-0.25, -0.2) is 4.39 Å². The number of anilines is 1. The van der Waals surface area contributed by atoms with Crippen molar-refractivity contribution in [2.45, 2.75) is 30.2 Å². The Morgan fingerprint density at radius 3 is 3.04 bits per heavy atom. The van der Waals surface area contributed by atoms with Crippen LogP contribution in [0.4, 0.5) is 10.1 Å². The van der Waals surface area contributed by atoms with E-state index in [1.54, 1.807) is 30.0 Å². The normalized spacial score (nSPS) is 18.1. The van der Waals surface area contributed by atoms with Crippen molar-refractivity contribution < 1.29 is 18.7 Å². The van der Waals surface area contributed by atoms with Gasteiger partial charge < -0.3 is 15.4 Å². The van der Waals surface area contributed by atoms with E-state index in [2.05, 4.69) is 10.6 Å². The minimum atomic E-state index is -0.298. The molecule has 2 aliphatic rings. The molecule has 0 saturated carbocycles. The van der Waals surface area contributed by atoms with E-state index in [9.17, 15) is 14.0 Å². The molecule has 2 heterocycles. The number of thioether (sulfide) groups is 1. The van der Waals surface area contributed by atoms with Gasteiger partial charge in [0.15, 0.2) is 6.61 Å². The summed E-state index contributed by atoms with van der Waals surface area (Å²) in [6, 6.07) is 9.87. The summed E-state index contributed by atoms with van der Waals surface area (Å²) in [5.74, 6) is 0.936. The molecule has 0 unspecified atom stereocenters. The third-order valence-electron chi connectivity index (χ3n) is 4.69.